The molecule has 0 aromatic heterocycles. The molecule has 2 amide bonds. The van der Waals surface area contributed by atoms with E-state index >= 15 is 0 Å². The number of nitrogens with zero attached hydrogens (tertiary/aromatic N) is 1. The van der Waals surface area contributed by atoms with E-state index < -0.39 is 5.82 Å². The topological polar surface area (TPSA) is 37.4 Å². The molecule has 1 aliphatic heterocycles. The zero-order chi connectivity index (χ0) is 14.0. The molecular weight excluding hydrogens is 281 g/mol. The van der Waals surface area contributed by atoms with Crippen molar-refractivity contribution in [3.63, 3.8) is 0 Å². The van der Waals surface area contributed by atoms with Crippen LogP contribution in [0.2, 0.25) is 5.02 Å². The number of hydrogen-bond donors (Lipinski definition) is 0. The normalized spacial score (nSPS) is 34.2. The van der Waals surface area contributed by atoms with Gasteiger partial charge in [0.25, 0.3) is 0 Å². The van der Waals surface area contributed by atoms with Gasteiger partial charge in [0, 0.05) is 0 Å². The van der Waals surface area contributed by atoms with Crippen molar-refractivity contribution in [1.29, 1.82) is 0 Å². The molecule has 3 aliphatic rings. The number of hydrogen-bond acceptors (Lipinski definition) is 2. The summed E-state index contributed by atoms with van der Waals surface area (Å²) in [6, 6.07) is 3.94. The lowest BCUT2D eigenvalue weighted by Crippen LogP contribution is -2.32. The Morgan fingerprint density at radius 3 is 2.25 bits per heavy atom. The van der Waals surface area contributed by atoms with E-state index in [9.17, 15) is 14.0 Å². The molecule has 20 heavy (non-hydrogen) atoms. The standard InChI is InChI=1S/C15H11ClFNO2/c16-10-6-9(3-4-11(10)17)18-14(19)12-7-1-2-8(5-7)13(12)15(18)20/h1-4,6-8,12-13H,5H2/t7-,8+,12+,13-. The molecule has 102 valence electrons. The van der Waals surface area contributed by atoms with Gasteiger partial charge in [-0.25, -0.2) is 9.29 Å². The molecular formula is C15H11ClFNO2. The average molecular weight is 292 g/mol. The summed E-state index contributed by atoms with van der Waals surface area (Å²) in [5.74, 6) is -1.08. The Kier molecular flexibility index (Phi) is 2.37. The summed E-state index contributed by atoms with van der Waals surface area (Å²) >= 11 is 5.74. The molecule has 3 nitrogen and oxygen atoms in total. The number of anilines is 1. The second kappa shape index (κ2) is 3.92. The van der Waals surface area contributed by atoms with E-state index in [0.717, 1.165) is 6.42 Å². The fraction of sp³-hybridized carbons (Fsp3) is 0.333. The molecule has 4 atom stereocenters. The van der Waals surface area contributed by atoms with Crippen LogP contribution in [-0.4, -0.2) is 11.8 Å². The Morgan fingerprint density at radius 2 is 1.70 bits per heavy atom. The van der Waals surface area contributed by atoms with Crippen molar-refractivity contribution in [1.82, 2.24) is 0 Å². The van der Waals surface area contributed by atoms with Crippen LogP contribution in [0.3, 0.4) is 0 Å². The molecule has 0 N–H and O–H groups in total. The van der Waals surface area contributed by atoms with Gasteiger partial charge in [0.1, 0.15) is 5.82 Å². The fourth-order valence-electron chi connectivity index (χ4n) is 3.78. The highest BCUT2D eigenvalue weighted by molar-refractivity contribution is 6.31. The Hall–Kier alpha value is -1.68. The van der Waals surface area contributed by atoms with E-state index in [1.807, 2.05) is 12.2 Å². The van der Waals surface area contributed by atoms with E-state index in [1.165, 1.54) is 23.1 Å². The first-order valence-corrected chi connectivity index (χ1v) is 6.97. The summed E-state index contributed by atoms with van der Waals surface area (Å²) in [6.07, 6.45) is 4.97. The number of allylic oxidation sites excluding steroid dienone is 2. The van der Waals surface area contributed by atoms with E-state index in [-0.39, 0.29) is 40.5 Å². The van der Waals surface area contributed by atoms with Crippen molar-refractivity contribution in [2.45, 2.75) is 6.42 Å². The molecule has 1 aromatic rings. The van der Waals surface area contributed by atoms with Gasteiger partial charge in [0.2, 0.25) is 11.8 Å². The molecule has 0 unspecified atom stereocenters. The van der Waals surface area contributed by atoms with Crippen molar-refractivity contribution >= 4 is 29.1 Å². The third kappa shape index (κ3) is 1.40. The van der Waals surface area contributed by atoms with Crippen molar-refractivity contribution in [2.24, 2.45) is 23.7 Å². The van der Waals surface area contributed by atoms with Crippen molar-refractivity contribution in [3.05, 3.63) is 41.2 Å². The first-order chi connectivity index (χ1) is 9.58. The van der Waals surface area contributed by atoms with Gasteiger partial charge in [-0.3, -0.25) is 9.59 Å². The number of rotatable bonds is 1. The molecule has 0 spiro atoms. The summed E-state index contributed by atoms with van der Waals surface area (Å²) in [5.41, 5.74) is 0.361. The van der Waals surface area contributed by atoms with Crippen LogP contribution in [-0.2, 0) is 9.59 Å². The number of benzene rings is 1. The Balaban J connectivity index is 1.76. The first kappa shape index (κ1) is 12.1. The van der Waals surface area contributed by atoms with E-state index in [1.54, 1.807) is 0 Å². The molecule has 1 saturated carbocycles. The minimum absolute atomic E-state index is 0.0822. The Bertz CT molecular complexity index is 642. The van der Waals surface area contributed by atoms with Crippen molar-refractivity contribution in [2.75, 3.05) is 4.90 Å². The van der Waals surface area contributed by atoms with Crippen LogP contribution in [0.4, 0.5) is 10.1 Å². The zero-order valence-electron chi connectivity index (χ0n) is 10.4. The number of fused-ring (bicyclic) bond motifs is 5. The number of halogens is 2. The zero-order valence-corrected chi connectivity index (χ0v) is 11.2. The molecule has 2 bridgehead atoms. The highest BCUT2D eigenvalue weighted by atomic mass is 35.5. The summed E-state index contributed by atoms with van der Waals surface area (Å²) in [5, 5.41) is -0.0822. The third-order valence-electron chi connectivity index (χ3n) is 4.63. The predicted molar refractivity (Wildman–Crippen MR) is 71.6 cm³/mol. The van der Waals surface area contributed by atoms with Crippen LogP contribution in [0.1, 0.15) is 6.42 Å². The Labute approximate surface area is 120 Å². The van der Waals surface area contributed by atoms with Gasteiger partial charge in [0.05, 0.1) is 22.5 Å². The number of amides is 2. The monoisotopic (exact) mass is 291 g/mol. The lowest BCUT2D eigenvalue weighted by molar-refractivity contribution is -0.123. The maximum absolute atomic E-state index is 13.2. The number of imide groups is 1. The lowest BCUT2D eigenvalue weighted by Gasteiger charge is -2.17. The van der Waals surface area contributed by atoms with E-state index in [2.05, 4.69) is 0 Å². The van der Waals surface area contributed by atoms with Crippen LogP contribution >= 0.6 is 11.6 Å². The van der Waals surface area contributed by atoms with Gasteiger partial charge in [0.15, 0.2) is 0 Å². The van der Waals surface area contributed by atoms with Crippen LogP contribution in [0.25, 0.3) is 0 Å². The fourth-order valence-corrected chi connectivity index (χ4v) is 3.96. The largest absolute Gasteiger partial charge is 0.274 e. The smallest absolute Gasteiger partial charge is 0.238 e. The average Bonchev–Trinajstić information content (AvgIpc) is 3.08. The Morgan fingerprint density at radius 1 is 1.10 bits per heavy atom. The van der Waals surface area contributed by atoms with Crippen LogP contribution < -0.4 is 4.90 Å². The molecule has 5 heteroatoms. The van der Waals surface area contributed by atoms with E-state index in [4.69, 9.17) is 11.6 Å². The van der Waals surface area contributed by atoms with Gasteiger partial charge in [-0.05, 0) is 36.5 Å². The van der Waals surface area contributed by atoms with Crippen LogP contribution in [0.15, 0.2) is 30.4 Å². The SMILES string of the molecule is O=C1[C@@H]2[C@H](C(=O)N1c1ccc(F)c(Cl)c1)[C@H]1C=C[C@@H]2C1. The molecule has 1 saturated heterocycles. The predicted octanol–water partition coefficient (Wildman–Crippen LogP) is 2.79. The number of carbonyl (C=O) groups excluding carboxylic acids is 2. The van der Waals surface area contributed by atoms with Crippen LogP contribution in [0, 0.1) is 29.5 Å². The van der Waals surface area contributed by atoms with Crippen LogP contribution in [0.5, 0.6) is 0 Å². The van der Waals surface area contributed by atoms with Gasteiger partial charge >= 0.3 is 0 Å². The molecule has 1 heterocycles. The lowest BCUT2D eigenvalue weighted by atomic mass is 9.85. The van der Waals surface area contributed by atoms with Gasteiger partial charge < -0.3 is 0 Å². The minimum Gasteiger partial charge on any atom is -0.274 e. The first-order valence-electron chi connectivity index (χ1n) is 6.59. The summed E-state index contributed by atoms with van der Waals surface area (Å²) in [7, 11) is 0. The maximum atomic E-state index is 13.2. The van der Waals surface area contributed by atoms with E-state index in [0.29, 0.717) is 5.69 Å². The number of carbonyl (C=O) groups is 2. The van der Waals surface area contributed by atoms with Crippen molar-refractivity contribution in [3.8, 4) is 0 Å². The van der Waals surface area contributed by atoms with Crippen molar-refractivity contribution < 1.29 is 14.0 Å². The minimum atomic E-state index is -0.559. The molecule has 4 rings (SSSR count). The summed E-state index contributed by atoms with van der Waals surface area (Å²) < 4.78 is 13.2. The summed E-state index contributed by atoms with van der Waals surface area (Å²) in [6.45, 7) is 0. The highest BCUT2D eigenvalue weighted by Crippen LogP contribution is 2.53. The summed E-state index contributed by atoms with van der Waals surface area (Å²) in [4.78, 5) is 26.2. The molecule has 2 fully saturated rings. The van der Waals surface area contributed by atoms with Gasteiger partial charge in [-0.1, -0.05) is 23.8 Å². The molecule has 0 radical (unpaired) electrons. The quantitative estimate of drug-likeness (QED) is 0.589. The third-order valence-corrected chi connectivity index (χ3v) is 4.92. The molecule has 1 aromatic carbocycles. The van der Waals surface area contributed by atoms with Gasteiger partial charge in [-0.15, -0.1) is 0 Å². The maximum Gasteiger partial charge on any atom is 0.238 e. The van der Waals surface area contributed by atoms with Gasteiger partial charge in [-0.2, -0.15) is 0 Å². The second-order valence-corrected chi connectivity index (χ2v) is 6.02. The highest BCUT2D eigenvalue weighted by Gasteiger charge is 2.59. The molecule has 2 aliphatic carbocycles. The second-order valence-electron chi connectivity index (χ2n) is 5.61.